The molecule has 1 amide bonds. The number of fused-ring (bicyclic) bond motifs is 1. The normalized spacial score (nSPS) is 15.0. The number of carbonyl (C=O) groups excluding carboxylic acids is 1. The molecule has 2 heterocycles. The number of amides is 1. The molecule has 2 aromatic heterocycles. The highest BCUT2D eigenvalue weighted by atomic mass is 32.2. The number of hydrogen-bond donors (Lipinski definition) is 1. The van der Waals surface area contributed by atoms with Crippen LogP contribution in [0.1, 0.15) is 45.5 Å². The number of primary amides is 1. The Morgan fingerprint density at radius 3 is 2.44 bits per heavy atom. The van der Waals surface area contributed by atoms with Crippen molar-refractivity contribution in [2.75, 3.05) is 5.38 Å². The van der Waals surface area contributed by atoms with Crippen molar-refractivity contribution in [2.24, 2.45) is 11.1 Å². The summed E-state index contributed by atoms with van der Waals surface area (Å²) in [4.78, 5) is 16.7. The molecule has 0 radical (unpaired) electrons. The second-order valence-electron chi connectivity index (χ2n) is 9.89. The molecule has 150 valence electrons. The van der Waals surface area contributed by atoms with E-state index in [1.165, 1.54) is 0 Å². The third kappa shape index (κ3) is 5.51. The molecule has 1 atom stereocenters. The quantitative estimate of drug-likeness (QED) is 0.517. The van der Waals surface area contributed by atoms with Crippen LogP contribution in [0.5, 0.6) is 0 Å². The molecule has 7 heteroatoms. The average molecular weight is 408 g/mol. The van der Waals surface area contributed by atoms with Gasteiger partial charge in [-0.2, -0.15) is 0 Å². The first-order chi connectivity index (χ1) is 12.2. The molecule has 5 nitrogen and oxygen atoms in total. The third-order valence-corrected chi connectivity index (χ3v) is 8.74. The zero-order chi connectivity index (χ0) is 20.6. The summed E-state index contributed by atoms with van der Waals surface area (Å²) in [5, 5.41) is 2.08. The summed E-state index contributed by atoms with van der Waals surface area (Å²) >= 11 is 1.80. The molecule has 0 bridgehead atoms. The van der Waals surface area contributed by atoms with Gasteiger partial charge in [0.2, 0.25) is 0 Å². The van der Waals surface area contributed by atoms with Gasteiger partial charge >= 0.3 is 6.09 Å². The number of hydrogen-bond acceptors (Lipinski definition) is 4. The fourth-order valence-corrected chi connectivity index (χ4v) is 6.25. The van der Waals surface area contributed by atoms with E-state index >= 15 is 0 Å². The molecule has 0 fully saturated rings. The van der Waals surface area contributed by atoms with Gasteiger partial charge in [0.15, 0.2) is 11.4 Å². The maximum Gasteiger partial charge on any atom is 0.405 e. The van der Waals surface area contributed by atoms with Crippen LogP contribution in [0, 0.1) is 12.3 Å². The van der Waals surface area contributed by atoms with E-state index in [2.05, 4.69) is 57.8 Å². The van der Waals surface area contributed by atoms with Crippen LogP contribution in [-0.2, 0) is 10.3 Å². The summed E-state index contributed by atoms with van der Waals surface area (Å²) in [6.45, 7) is 17.4. The highest BCUT2D eigenvalue weighted by molar-refractivity contribution is 8.01. The van der Waals surface area contributed by atoms with Crippen molar-refractivity contribution in [3.8, 4) is 0 Å². The molecule has 2 rings (SSSR count). The first kappa shape index (κ1) is 21.8. The van der Waals surface area contributed by atoms with Crippen molar-refractivity contribution in [3.05, 3.63) is 29.7 Å². The molecule has 0 aliphatic carbocycles. The Morgan fingerprint density at radius 1 is 1.30 bits per heavy atom. The summed E-state index contributed by atoms with van der Waals surface area (Å²) < 4.78 is 7.73. The van der Waals surface area contributed by atoms with Crippen LogP contribution >= 0.6 is 11.8 Å². The van der Waals surface area contributed by atoms with E-state index in [1.54, 1.807) is 11.8 Å². The number of aromatic nitrogens is 2. The smallest absolute Gasteiger partial charge is 0.405 e. The van der Waals surface area contributed by atoms with Gasteiger partial charge in [-0.1, -0.05) is 46.5 Å². The maximum absolute atomic E-state index is 11.7. The molecular weight excluding hydrogens is 374 g/mol. The van der Waals surface area contributed by atoms with Gasteiger partial charge in [-0.15, -0.1) is 11.8 Å². The topological polar surface area (TPSA) is 69.6 Å². The van der Waals surface area contributed by atoms with Crippen LogP contribution in [0.15, 0.2) is 23.4 Å². The Hall–Kier alpha value is -1.47. The number of imidazole rings is 1. The predicted molar refractivity (Wildman–Crippen MR) is 116 cm³/mol. The van der Waals surface area contributed by atoms with E-state index < -0.39 is 19.8 Å². The van der Waals surface area contributed by atoms with Crippen LogP contribution in [0.4, 0.5) is 4.79 Å². The van der Waals surface area contributed by atoms with E-state index in [9.17, 15) is 4.79 Å². The monoisotopic (exact) mass is 407 g/mol. The summed E-state index contributed by atoms with van der Waals surface area (Å²) in [7, 11) is -1.24. The zero-order valence-corrected chi connectivity index (χ0v) is 19.7. The van der Waals surface area contributed by atoms with Crippen molar-refractivity contribution in [2.45, 2.75) is 71.3 Å². The van der Waals surface area contributed by atoms with Crippen molar-refractivity contribution >= 4 is 31.4 Å². The molecule has 0 aliphatic heterocycles. The minimum atomic E-state index is -1.24. The lowest BCUT2D eigenvalue weighted by Gasteiger charge is -2.33. The molecule has 2 N–H and O–H groups in total. The lowest BCUT2D eigenvalue weighted by Crippen LogP contribution is -2.37. The fourth-order valence-electron chi connectivity index (χ4n) is 3.42. The lowest BCUT2D eigenvalue weighted by molar-refractivity contribution is -0.0102. The number of pyridine rings is 1. The van der Waals surface area contributed by atoms with Crippen molar-refractivity contribution in [1.29, 1.82) is 0 Å². The van der Waals surface area contributed by atoms with Gasteiger partial charge in [-0.05, 0) is 42.7 Å². The van der Waals surface area contributed by atoms with E-state index in [0.29, 0.717) is 6.42 Å². The first-order valence-electron chi connectivity index (χ1n) is 9.31. The van der Waals surface area contributed by atoms with Crippen LogP contribution in [0.3, 0.4) is 0 Å². The SMILES string of the molecule is Cc1cccn2c(C(C)(CC(C)(C)C)OC(N)=O)nc(SC[Si](C)(C)C)c12. The largest absolute Gasteiger partial charge is 0.435 e. The van der Waals surface area contributed by atoms with Gasteiger partial charge in [0.25, 0.3) is 0 Å². The van der Waals surface area contributed by atoms with Crippen LogP contribution in [0.2, 0.25) is 19.6 Å². The molecule has 27 heavy (non-hydrogen) atoms. The Morgan fingerprint density at radius 2 is 1.93 bits per heavy atom. The number of ether oxygens (including phenoxy) is 1. The fraction of sp³-hybridized carbons (Fsp3) is 0.600. The lowest BCUT2D eigenvalue weighted by atomic mass is 9.82. The predicted octanol–water partition coefficient (Wildman–Crippen LogP) is 5.36. The van der Waals surface area contributed by atoms with Crippen molar-refractivity contribution in [3.63, 3.8) is 0 Å². The van der Waals surface area contributed by atoms with Gasteiger partial charge in [0.05, 0.1) is 13.6 Å². The molecule has 0 saturated carbocycles. The summed E-state index contributed by atoms with van der Waals surface area (Å²) in [6.07, 6.45) is 1.84. The second kappa shape index (κ2) is 7.51. The van der Waals surface area contributed by atoms with Crippen LogP contribution in [-0.4, -0.2) is 28.9 Å². The highest BCUT2D eigenvalue weighted by Gasteiger charge is 2.40. The minimum Gasteiger partial charge on any atom is -0.435 e. The zero-order valence-electron chi connectivity index (χ0n) is 17.8. The van der Waals surface area contributed by atoms with E-state index in [4.69, 9.17) is 15.5 Å². The number of thioether (sulfide) groups is 1. The first-order valence-corrected chi connectivity index (χ1v) is 14.0. The standard InChI is InChI=1S/C20H33N3O2SSi/c1-14-10-9-11-23-15(14)16(26-13-27(6,7)8)22-17(23)20(5,25-18(21)24)12-19(2,3)4/h9-11H,12-13H2,1-8H3,(H2,21,24). The molecule has 0 aromatic carbocycles. The second-order valence-corrected chi connectivity index (χ2v) is 16.8. The number of nitrogens with two attached hydrogens (primary N) is 1. The maximum atomic E-state index is 11.7. The van der Waals surface area contributed by atoms with Crippen LogP contribution < -0.4 is 5.73 Å². The van der Waals surface area contributed by atoms with Crippen molar-refractivity contribution < 1.29 is 9.53 Å². The summed E-state index contributed by atoms with van der Waals surface area (Å²) in [6, 6.07) is 4.09. The number of aryl methyl sites for hydroxylation is 1. The van der Waals surface area contributed by atoms with E-state index in [1.807, 2.05) is 19.2 Å². The van der Waals surface area contributed by atoms with Gasteiger partial charge in [0.1, 0.15) is 5.03 Å². The Labute approximate surface area is 168 Å². The molecule has 0 aliphatic rings. The number of nitrogens with zero attached hydrogens (tertiary/aromatic N) is 2. The Kier molecular flexibility index (Phi) is 6.07. The Bertz CT molecular complexity index is 836. The summed E-state index contributed by atoms with van der Waals surface area (Å²) in [5.74, 6) is 0.730. The summed E-state index contributed by atoms with van der Waals surface area (Å²) in [5.41, 5.74) is 6.71. The highest BCUT2D eigenvalue weighted by Crippen LogP contribution is 2.40. The van der Waals surface area contributed by atoms with Crippen molar-refractivity contribution in [1.82, 2.24) is 9.38 Å². The molecule has 0 saturated heterocycles. The Balaban J connectivity index is 2.64. The molecule has 1 unspecified atom stereocenters. The molecule has 2 aromatic rings. The van der Waals surface area contributed by atoms with E-state index in [0.717, 1.165) is 27.3 Å². The number of carbonyl (C=O) groups is 1. The molecule has 0 spiro atoms. The van der Waals surface area contributed by atoms with Gasteiger partial charge in [0, 0.05) is 6.20 Å². The van der Waals surface area contributed by atoms with Gasteiger partial charge in [-0.3, -0.25) is 4.40 Å². The van der Waals surface area contributed by atoms with Gasteiger partial charge < -0.3 is 10.5 Å². The third-order valence-electron chi connectivity index (χ3n) is 4.14. The molecular formula is C20H33N3O2SSi. The number of rotatable bonds is 6. The van der Waals surface area contributed by atoms with E-state index in [-0.39, 0.29) is 5.41 Å². The average Bonchev–Trinajstić information content (AvgIpc) is 2.82. The minimum absolute atomic E-state index is 0.0640. The van der Waals surface area contributed by atoms with Crippen LogP contribution in [0.25, 0.3) is 5.52 Å². The van der Waals surface area contributed by atoms with Gasteiger partial charge in [-0.25, -0.2) is 9.78 Å².